The van der Waals surface area contributed by atoms with Gasteiger partial charge in [-0.15, -0.1) is 0 Å². The van der Waals surface area contributed by atoms with Crippen LogP contribution in [0.4, 0.5) is 0 Å². The molecular formula is C25H29N5O2. The van der Waals surface area contributed by atoms with Crippen molar-refractivity contribution in [3.05, 3.63) is 77.9 Å². The van der Waals surface area contributed by atoms with Gasteiger partial charge in [-0.25, -0.2) is 4.68 Å². The topological polar surface area (TPSA) is 72.3 Å². The molecule has 2 aromatic heterocycles. The summed E-state index contributed by atoms with van der Waals surface area (Å²) >= 11 is 0. The van der Waals surface area contributed by atoms with Crippen molar-refractivity contribution in [2.24, 2.45) is 0 Å². The second kappa shape index (κ2) is 9.63. The fraction of sp³-hybridized carbons (Fsp3) is 0.400. The summed E-state index contributed by atoms with van der Waals surface area (Å²) in [6.45, 7) is 4.27. The third-order valence-corrected chi connectivity index (χ3v) is 6.54. The van der Waals surface area contributed by atoms with Crippen molar-refractivity contribution in [1.29, 1.82) is 0 Å². The van der Waals surface area contributed by atoms with E-state index in [0.29, 0.717) is 24.2 Å². The normalized spacial score (nSPS) is 19.8. The first-order valence-corrected chi connectivity index (χ1v) is 11.4. The number of nitrogens with zero attached hydrogens (tertiary/aromatic N) is 4. The third-order valence-electron chi connectivity index (χ3n) is 6.54. The molecule has 0 aliphatic carbocycles. The number of amides is 1. The Balaban J connectivity index is 1.38. The van der Waals surface area contributed by atoms with E-state index < -0.39 is 0 Å². The number of rotatable bonds is 6. The summed E-state index contributed by atoms with van der Waals surface area (Å²) in [7, 11) is 0. The Morgan fingerprint density at radius 1 is 1.06 bits per heavy atom. The largest absolute Gasteiger partial charge is 0.381 e. The molecule has 1 aromatic carbocycles. The van der Waals surface area contributed by atoms with Gasteiger partial charge in [0.15, 0.2) is 0 Å². The van der Waals surface area contributed by atoms with Crippen molar-refractivity contribution >= 4 is 5.91 Å². The van der Waals surface area contributed by atoms with Crippen LogP contribution in [0, 0.1) is 0 Å². The summed E-state index contributed by atoms with van der Waals surface area (Å²) in [5.41, 5.74) is 3.74. The van der Waals surface area contributed by atoms with Crippen molar-refractivity contribution < 1.29 is 9.53 Å². The lowest BCUT2D eigenvalue weighted by atomic mass is 10.00. The molecule has 0 unspecified atom stereocenters. The van der Waals surface area contributed by atoms with Gasteiger partial charge in [0.25, 0.3) is 5.91 Å². The number of likely N-dealkylation sites (tertiary alicyclic amines) is 1. The Kier molecular flexibility index (Phi) is 6.27. The van der Waals surface area contributed by atoms with Gasteiger partial charge in [0.1, 0.15) is 5.69 Å². The lowest BCUT2D eigenvalue weighted by Gasteiger charge is -2.31. The minimum Gasteiger partial charge on any atom is -0.381 e. The fourth-order valence-corrected chi connectivity index (χ4v) is 4.89. The quantitative estimate of drug-likeness (QED) is 0.649. The number of nitrogens with one attached hydrogen (secondary N) is 1. The third kappa shape index (κ3) is 4.45. The Bertz CT molecular complexity index is 1030. The molecule has 0 bridgehead atoms. The number of pyridine rings is 1. The lowest BCUT2D eigenvalue weighted by molar-refractivity contribution is 0.0419. The molecule has 1 amide bonds. The first-order chi connectivity index (χ1) is 15.8. The molecule has 0 spiro atoms. The number of hydrogen-bond donors (Lipinski definition) is 1. The number of benzene rings is 1. The van der Waals surface area contributed by atoms with Crippen LogP contribution in [0.25, 0.3) is 5.69 Å². The standard InChI is InChI=1S/C25H29N5O2/c31-25(23-8-4-5-12-26-23)27-16-20-17-28-30(22-6-2-1-3-7-22)24(20)19-9-13-29(18-19)21-10-14-32-15-11-21/h1-8,12,17,19,21H,9-11,13-16,18H2,(H,27,31)/t19-/m1/s1. The Labute approximate surface area is 188 Å². The van der Waals surface area contributed by atoms with Gasteiger partial charge in [0.05, 0.1) is 17.6 Å². The molecule has 1 atom stereocenters. The number of ether oxygens (including phenoxy) is 1. The van der Waals surface area contributed by atoms with E-state index in [1.54, 1.807) is 12.3 Å². The molecule has 2 aliphatic rings. The highest BCUT2D eigenvalue weighted by Gasteiger charge is 2.33. The summed E-state index contributed by atoms with van der Waals surface area (Å²) in [5, 5.41) is 7.76. The number of carbonyl (C=O) groups excluding carboxylic acids is 1. The molecule has 7 heteroatoms. The molecule has 2 saturated heterocycles. The monoisotopic (exact) mass is 431 g/mol. The first-order valence-electron chi connectivity index (χ1n) is 11.4. The van der Waals surface area contributed by atoms with Gasteiger partial charge in [0, 0.05) is 50.0 Å². The minimum absolute atomic E-state index is 0.167. The molecule has 0 saturated carbocycles. The predicted molar refractivity (Wildman–Crippen MR) is 122 cm³/mol. The lowest BCUT2D eigenvalue weighted by Crippen LogP contribution is -2.37. The van der Waals surface area contributed by atoms with Crippen molar-refractivity contribution in [1.82, 2.24) is 25.0 Å². The van der Waals surface area contributed by atoms with Crippen LogP contribution in [-0.2, 0) is 11.3 Å². The zero-order valence-electron chi connectivity index (χ0n) is 18.2. The van der Waals surface area contributed by atoms with Gasteiger partial charge < -0.3 is 10.1 Å². The van der Waals surface area contributed by atoms with Gasteiger partial charge in [-0.1, -0.05) is 24.3 Å². The van der Waals surface area contributed by atoms with Gasteiger partial charge >= 0.3 is 0 Å². The average Bonchev–Trinajstić information content (AvgIpc) is 3.51. The molecule has 0 radical (unpaired) electrons. The van der Waals surface area contributed by atoms with E-state index in [0.717, 1.165) is 56.8 Å². The SMILES string of the molecule is O=C(NCc1cnn(-c2ccccc2)c1[C@@H]1CCN(C2CCOCC2)C1)c1ccccn1. The molecule has 2 aliphatic heterocycles. The highest BCUT2D eigenvalue weighted by molar-refractivity contribution is 5.92. The number of para-hydroxylation sites is 1. The van der Waals surface area contributed by atoms with E-state index >= 15 is 0 Å². The van der Waals surface area contributed by atoms with Gasteiger partial charge in [0.2, 0.25) is 0 Å². The van der Waals surface area contributed by atoms with Crippen LogP contribution in [0.2, 0.25) is 0 Å². The molecule has 2 fully saturated rings. The van der Waals surface area contributed by atoms with Gasteiger partial charge in [-0.05, 0) is 50.1 Å². The van der Waals surface area contributed by atoms with Gasteiger partial charge in [-0.2, -0.15) is 5.10 Å². The van der Waals surface area contributed by atoms with Gasteiger partial charge in [-0.3, -0.25) is 14.7 Å². The van der Waals surface area contributed by atoms with Crippen LogP contribution in [0.3, 0.4) is 0 Å². The summed E-state index contributed by atoms with van der Waals surface area (Å²) < 4.78 is 7.62. The zero-order valence-corrected chi connectivity index (χ0v) is 18.2. The summed E-state index contributed by atoms with van der Waals surface area (Å²) in [4.78, 5) is 19.3. The molecule has 32 heavy (non-hydrogen) atoms. The van der Waals surface area contributed by atoms with E-state index in [1.807, 2.05) is 36.5 Å². The minimum atomic E-state index is -0.167. The highest BCUT2D eigenvalue weighted by Crippen LogP contribution is 2.33. The second-order valence-corrected chi connectivity index (χ2v) is 8.52. The van der Waals surface area contributed by atoms with E-state index in [9.17, 15) is 4.79 Å². The van der Waals surface area contributed by atoms with E-state index in [-0.39, 0.29) is 5.91 Å². The molecule has 4 heterocycles. The average molecular weight is 432 g/mol. The fourth-order valence-electron chi connectivity index (χ4n) is 4.89. The molecular weight excluding hydrogens is 402 g/mol. The van der Waals surface area contributed by atoms with Crippen LogP contribution in [0.5, 0.6) is 0 Å². The Hall–Kier alpha value is -3.03. The molecule has 166 valence electrons. The maximum Gasteiger partial charge on any atom is 0.270 e. The van der Waals surface area contributed by atoms with Crippen molar-refractivity contribution in [3.8, 4) is 5.69 Å². The van der Waals surface area contributed by atoms with Crippen LogP contribution < -0.4 is 5.32 Å². The number of hydrogen-bond acceptors (Lipinski definition) is 5. The van der Waals surface area contributed by atoms with E-state index in [1.165, 1.54) is 5.69 Å². The molecule has 7 nitrogen and oxygen atoms in total. The van der Waals surface area contributed by atoms with Crippen molar-refractivity contribution in [2.75, 3.05) is 26.3 Å². The van der Waals surface area contributed by atoms with Crippen molar-refractivity contribution in [2.45, 2.75) is 37.8 Å². The Morgan fingerprint density at radius 3 is 2.66 bits per heavy atom. The highest BCUT2D eigenvalue weighted by atomic mass is 16.5. The van der Waals surface area contributed by atoms with E-state index in [2.05, 4.69) is 32.0 Å². The molecule has 3 aromatic rings. The number of aromatic nitrogens is 3. The van der Waals surface area contributed by atoms with Crippen LogP contribution in [0.1, 0.15) is 46.9 Å². The summed E-state index contributed by atoms with van der Waals surface area (Å²) in [6, 6.07) is 16.2. The maximum atomic E-state index is 12.6. The van der Waals surface area contributed by atoms with Crippen LogP contribution in [0.15, 0.2) is 60.9 Å². The molecule has 5 rings (SSSR count). The summed E-state index contributed by atoms with van der Waals surface area (Å²) in [6.07, 6.45) is 6.85. The summed E-state index contributed by atoms with van der Waals surface area (Å²) in [5.74, 6) is 0.210. The molecule has 1 N–H and O–H groups in total. The van der Waals surface area contributed by atoms with Crippen molar-refractivity contribution in [3.63, 3.8) is 0 Å². The Morgan fingerprint density at radius 2 is 1.88 bits per heavy atom. The van der Waals surface area contributed by atoms with Crippen LogP contribution in [-0.4, -0.2) is 57.9 Å². The first kappa shape index (κ1) is 20.8. The predicted octanol–water partition coefficient (Wildman–Crippen LogP) is 3.17. The second-order valence-electron chi connectivity index (χ2n) is 8.52. The zero-order chi connectivity index (χ0) is 21.8. The smallest absolute Gasteiger partial charge is 0.270 e. The van der Waals surface area contributed by atoms with E-state index in [4.69, 9.17) is 9.84 Å². The maximum absolute atomic E-state index is 12.6. The van der Waals surface area contributed by atoms with Crippen LogP contribution >= 0.6 is 0 Å². The number of carbonyl (C=O) groups is 1.